The minimum Gasteiger partial charge on any atom is -0.461 e. The molecule has 274 valence electrons. The highest BCUT2D eigenvalue weighted by Gasteiger charge is 2.17. The van der Waals surface area contributed by atoms with E-state index in [4.69, 9.17) is 4.42 Å². The van der Waals surface area contributed by atoms with E-state index in [2.05, 4.69) is 198 Å². The monoisotopic (exact) mass is 742 g/mol. The summed E-state index contributed by atoms with van der Waals surface area (Å²) in [5, 5.41) is 6.06. The Morgan fingerprint density at radius 2 is 0.914 bits per heavy atom. The van der Waals surface area contributed by atoms with Gasteiger partial charge in [0.2, 0.25) is 0 Å². The molecule has 0 aliphatic rings. The van der Waals surface area contributed by atoms with Crippen LogP contribution in [0.4, 0.5) is 0 Å². The number of allylic oxidation sites excluding steroid dienone is 2. The molecule has 3 nitrogen and oxygen atoms in total. The fourth-order valence-electron chi connectivity index (χ4n) is 8.88. The van der Waals surface area contributed by atoms with Gasteiger partial charge in [0.25, 0.3) is 0 Å². The molecule has 0 atom stereocenters. The van der Waals surface area contributed by atoms with Crippen molar-refractivity contribution >= 4 is 66.2 Å². The summed E-state index contributed by atoms with van der Waals surface area (Å²) in [7, 11) is 0. The van der Waals surface area contributed by atoms with Crippen LogP contribution < -0.4 is 0 Å². The molecule has 0 aliphatic carbocycles. The highest BCUT2D eigenvalue weighted by atomic mass is 16.3. The third kappa shape index (κ3) is 5.43. The highest BCUT2D eigenvalue weighted by Crippen LogP contribution is 2.39. The van der Waals surface area contributed by atoms with Crippen LogP contribution in [-0.2, 0) is 0 Å². The number of nitrogens with zero attached hydrogens (tertiary/aromatic N) is 2. The van der Waals surface area contributed by atoms with Crippen molar-refractivity contribution in [3.63, 3.8) is 0 Å². The van der Waals surface area contributed by atoms with Crippen LogP contribution in [0.1, 0.15) is 16.9 Å². The summed E-state index contributed by atoms with van der Waals surface area (Å²) in [5.74, 6) is 0.901. The van der Waals surface area contributed by atoms with E-state index in [-0.39, 0.29) is 0 Å². The van der Waals surface area contributed by atoms with Crippen LogP contribution in [-0.4, -0.2) is 9.13 Å². The van der Waals surface area contributed by atoms with Gasteiger partial charge in [-0.2, -0.15) is 0 Å². The van der Waals surface area contributed by atoms with Crippen molar-refractivity contribution in [1.29, 1.82) is 0 Å². The van der Waals surface area contributed by atoms with Gasteiger partial charge in [0.1, 0.15) is 11.3 Å². The first-order valence-electron chi connectivity index (χ1n) is 19.8. The molecule has 0 spiro atoms. The molecule has 11 rings (SSSR count). The van der Waals surface area contributed by atoms with Gasteiger partial charge in [0.15, 0.2) is 0 Å². The van der Waals surface area contributed by atoms with Crippen molar-refractivity contribution in [2.75, 3.05) is 0 Å². The number of aryl methyl sites for hydroxylation is 1. The molecule has 11 aromatic rings. The summed E-state index contributed by atoms with van der Waals surface area (Å²) in [6.07, 6.45) is 4.11. The summed E-state index contributed by atoms with van der Waals surface area (Å²) in [6.45, 7) is 6.19. The van der Waals surface area contributed by atoms with Crippen LogP contribution in [0.3, 0.4) is 0 Å². The van der Waals surface area contributed by atoms with E-state index in [1.807, 2.05) is 25.1 Å². The van der Waals surface area contributed by atoms with Gasteiger partial charge >= 0.3 is 0 Å². The molecule has 0 saturated carbocycles. The predicted molar refractivity (Wildman–Crippen MR) is 245 cm³/mol. The van der Waals surface area contributed by atoms with Crippen molar-refractivity contribution in [3.05, 3.63) is 218 Å². The smallest absolute Gasteiger partial charge is 0.134 e. The average molecular weight is 743 g/mol. The van der Waals surface area contributed by atoms with Crippen LogP contribution >= 0.6 is 0 Å². The average Bonchev–Trinajstić information content (AvgIpc) is 3.91. The fraction of sp³-hybridized carbons (Fsp3) is 0.0182. The van der Waals surface area contributed by atoms with Gasteiger partial charge in [-0.25, -0.2) is 0 Å². The Labute approximate surface area is 336 Å². The van der Waals surface area contributed by atoms with Gasteiger partial charge in [-0.1, -0.05) is 134 Å². The van der Waals surface area contributed by atoms with E-state index in [1.54, 1.807) is 0 Å². The first-order valence-corrected chi connectivity index (χ1v) is 19.8. The number of benzene rings is 8. The van der Waals surface area contributed by atoms with Crippen molar-refractivity contribution in [2.24, 2.45) is 0 Å². The van der Waals surface area contributed by atoms with Crippen LogP contribution in [0.5, 0.6) is 0 Å². The Bertz CT molecular complexity index is 3390. The number of aromatic nitrogens is 2. The molecule has 0 bridgehead atoms. The third-order valence-electron chi connectivity index (χ3n) is 11.7. The quantitative estimate of drug-likeness (QED) is 0.149. The fourth-order valence-corrected chi connectivity index (χ4v) is 8.88. The molecule has 0 aliphatic heterocycles. The zero-order valence-electron chi connectivity index (χ0n) is 32.1. The molecule has 0 unspecified atom stereocenters. The first kappa shape index (κ1) is 33.7. The normalized spacial score (nSPS) is 12.1. The molecule has 0 radical (unpaired) electrons. The van der Waals surface area contributed by atoms with Crippen LogP contribution in [0.2, 0.25) is 0 Å². The summed E-state index contributed by atoms with van der Waals surface area (Å²) in [4.78, 5) is 0. The minimum absolute atomic E-state index is 0.897. The van der Waals surface area contributed by atoms with Crippen molar-refractivity contribution in [1.82, 2.24) is 9.13 Å². The molecule has 0 amide bonds. The molecular weight excluding hydrogens is 705 g/mol. The number of hydrogen-bond donors (Lipinski definition) is 0. The number of furan rings is 1. The molecule has 0 saturated heterocycles. The van der Waals surface area contributed by atoms with Crippen molar-refractivity contribution in [3.8, 4) is 33.6 Å². The lowest BCUT2D eigenvalue weighted by Gasteiger charge is -2.11. The molecule has 0 fully saturated rings. The third-order valence-corrected chi connectivity index (χ3v) is 11.7. The number of fused-ring (bicyclic) bond motifs is 7. The van der Waals surface area contributed by atoms with Crippen molar-refractivity contribution < 1.29 is 4.42 Å². The van der Waals surface area contributed by atoms with Crippen LogP contribution in [0, 0.1) is 6.92 Å². The van der Waals surface area contributed by atoms with E-state index in [0.29, 0.717) is 0 Å². The van der Waals surface area contributed by atoms with E-state index in [9.17, 15) is 0 Å². The zero-order chi connectivity index (χ0) is 38.7. The number of rotatable bonds is 7. The van der Waals surface area contributed by atoms with Crippen LogP contribution in [0.25, 0.3) is 99.9 Å². The maximum atomic E-state index is 6.05. The SMILES string of the molecule is C=C/C(=C\c1c(C)oc2ccccc12)c1ccc(-n2c3ccccc3c3cc(-c4ccc5c(c4)c4ccccc4n5-c4ccc(-c5ccccc5)cc4)ccc32)cc1. The lowest BCUT2D eigenvalue weighted by Crippen LogP contribution is -1.94. The van der Waals surface area contributed by atoms with Gasteiger partial charge < -0.3 is 13.6 Å². The zero-order valence-corrected chi connectivity index (χ0v) is 32.1. The van der Waals surface area contributed by atoms with Gasteiger partial charge in [0.05, 0.1) is 22.1 Å². The predicted octanol–water partition coefficient (Wildman–Crippen LogP) is 15.0. The lowest BCUT2D eigenvalue weighted by atomic mass is 10.0. The van der Waals surface area contributed by atoms with Crippen LogP contribution in [0.15, 0.2) is 205 Å². The molecule has 0 N–H and O–H groups in total. The number of hydrogen-bond acceptors (Lipinski definition) is 1. The Hall–Kier alpha value is -7.62. The second kappa shape index (κ2) is 13.5. The molecule has 3 aromatic heterocycles. The van der Waals surface area contributed by atoms with E-state index >= 15 is 0 Å². The Balaban J connectivity index is 0.979. The van der Waals surface area contributed by atoms with Gasteiger partial charge in [-0.15, -0.1) is 0 Å². The minimum atomic E-state index is 0.897. The maximum absolute atomic E-state index is 6.05. The number of para-hydroxylation sites is 3. The van der Waals surface area contributed by atoms with Crippen molar-refractivity contribution in [2.45, 2.75) is 6.92 Å². The standard InChI is InChI=1S/C55H38N2O/c1-3-37(33-48-36(2)58-55-20-12-9-17-47(48)55)39-21-27-43(28-22-39)56-51-18-10-7-15-45(51)49-34-41(25-31-53(49)56)42-26-32-54-50(35-42)46-16-8-11-19-52(46)57(54)44-29-23-40(24-30-44)38-13-5-4-6-14-38/h3-35H,1H2,2H3/b37-33+. The molecule has 3 heteroatoms. The molecule has 58 heavy (non-hydrogen) atoms. The van der Waals surface area contributed by atoms with Gasteiger partial charge in [-0.05, 0) is 113 Å². The largest absolute Gasteiger partial charge is 0.461 e. The first-order chi connectivity index (χ1) is 28.6. The Morgan fingerprint density at radius 1 is 0.448 bits per heavy atom. The van der Waals surface area contributed by atoms with E-state index < -0.39 is 0 Å². The van der Waals surface area contributed by atoms with E-state index in [0.717, 1.165) is 44.8 Å². The van der Waals surface area contributed by atoms with Gasteiger partial charge in [-0.3, -0.25) is 0 Å². The lowest BCUT2D eigenvalue weighted by molar-refractivity contribution is 0.577. The topological polar surface area (TPSA) is 23.0 Å². The summed E-state index contributed by atoms with van der Waals surface area (Å²) >= 11 is 0. The molecule has 8 aromatic carbocycles. The second-order valence-electron chi connectivity index (χ2n) is 15.0. The summed E-state index contributed by atoms with van der Waals surface area (Å²) in [6, 6.07) is 67.8. The van der Waals surface area contributed by atoms with E-state index in [1.165, 1.54) is 65.9 Å². The molecular formula is C55H38N2O. The summed E-state index contributed by atoms with van der Waals surface area (Å²) in [5.41, 5.74) is 16.0. The summed E-state index contributed by atoms with van der Waals surface area (Å²) < 4.78 is 10.8. The van der Waals surface area contributed by atoms with Gasteiger partial charge in [0, 0.05) is 43.9 Å². The molecule has 3 heterocycles. The maximum Gasteiger partial charge on any atom is 0.134 e. The second-order valence-corrected chi connectivity index (χ2v) is 15.0. The Kier molecular flexibility index (Phi) is 7.87. The highest BCUT2D eigenvalue weighted by molar-refractivity contribution is 6.13. The Morgan fingerprint density at radius 3 is 1.50 bits per heavy atom.